The molecular weight excluding hydrogens is 390 g/mol. The Balaban J connectivity index is 1.54. The van der Waals surface area contributed by atoms with Gasteiger partial charge in [0.25, 0.3) is 0 Å². The fraction of sp³-hybridized carbons (Fsp3) is 0.500. The maximum absolute atomic E-state index is 12.4. The number of nitrogens with one attached hydrogen (secondary N) is 1. The molecule has 2 aromatic heterocycles. The second-order valence-electron chi connectivity index (χ2n) is 7.35. The number of esters is 1. The molecular formula is C20H27N5O3S. The molecule has 1 saturated heterocycles. The summed E-state index contributed by atoms with van der Waals surface area (Å²) >= 11 is 1.25. The summed E-state index contributed by atoms with van der Waals surface area (Å²) < 4.78 is 4.75. The first-order valence-corrected chi connectivity index (χ1v) is 10.5. The Morgan fingerprint density at radius 3 is 2.62 bits per heavy atom. The maximum Gasteiger partial charge on any atom is 0.350 e. The highest BCUT2D eigenvalue weighted by atomic mass is 32.1. The lowest BCUT2D eigenvalue weighted by Gasteiger charge is -2.35. The van der Waals surface area contributed by atoms with E-state index in [0.29, 0.717) is 10.6 Å². The van der Waals surface area contributed by atoms with Crippen molar-refractivity contribution in [3.05, 3.63) is 33.9 Å². The highest BCUT2D eigenvalue weighted by Crippen LogP contribution is 2.23. The zero-order valence-electron chi connectivity index (χ0n) is 17.3. The standard InChI is InChI=1S/C20H27N5O3S/c1-13(2)19-21-14(3)11-16(23-19)25-8-6-24(7-9-25)12-17(26)22-15-5-10-29-18(15)20(27)28-4/h5,10-11,13H,6-9,12H2,1-4H3,(H,22,26). The van der Waals surface area contributed by atoms with Crippen molar-refractivity contribution < 1.29 is 14.3 Å². The molecule has 1 fully saturated rings. The van der Waals surface area contributed by atoms with E-state index in [2.05, 4.69) is 33.9 Å². The number of carbonyl (C=O) groups is 2. The average molecular weight is 418 g/mol. The smallest absolute Gasteiger partial charge is 0.350 e. The Morgan fingerprint density at radius 2 is 1.97 bits per heavy atom. The van der Waals surface area contributed by atoms with Gasteiger partial charge >= 0.3 is 5.97 Å². The van der Waals surface area contributed by atoms with Gasteiger partial charge in [-0.3, -0.25) is 9.69 Å². The molecule has 1 aliphatic heterocycles. The van der Waals surface area contributed by atoms with Gasteiger partial charge in [0.2, 0.25) is 5.91 Å². The van der Waals surface area contributed by atoms with Crippen molar-refractivity contribution in [1.82, 2.24) is 14.9 Å². The summed E-state index contributed by atoms with van der Waals surface area (Å²) in [6.07, 6.45) is 0. The monoisotopic (exact) mass is 417 g/mol. The van der Waals surface area contributed by atoms with E-state index in [1.54, 1.807) is 11.4 Å². The van der Waals surface area contributed by atoms with Crippen molar-refractivity contribution in [2.45, 2.75) is 26.7 Å². The summed E-state index contributed by atoms with van der Waals surface area (Å²) in [4.78, 5) is 38.1. The van der Waals surface area contributed by atoms with Crippen LogP contribution in [-0.2, 0) is 9.53 Å². The van der Waals surface area contributed by atoms with Crippen molar-refractivity contribution >= 4 is 34.7 Å². The number of amides is 1. The predicted octanol–water partition coefficient (Wildman–Crippen LogP) is 2.52. The van der Waals surface area contributed by atoms with Crippen molar-refractivity contribution in [2.24, 2.45) is 0 Å². The molecule has 0 saturated carbocycles. The lowest BCUT2D eigenvalue weighted by molar-refractivity contribution is -0.117. The van der Waals surface area contributed by atoms with Crippen LogP contribution in [0.2, 0.25) is 0 Å². The van der Waals surface area contributed by atoms with Crippen LogP contribution in [0.25, 0.3) is 0 Å². The van der Waals surface area contributed by atoms with Crippen molar-refractivity contribution in [3.63, 3.8) is 0 Å². The van der Waals surface area contributed by atoms with Crippen LogP contribution in [0.5, 0.6) is 0 Å². The van der Waals surface area contributed by atoms with Gasteiger partial charge in [-0.05, 0) is 18.4 Å². The van der Waals surface area contributed by atoms with Crippen LogP contribution in [0.15, 0.2) is 17.5 Å². The number of aryl methyl sites for hydroxylation is 1. The summed E-state index contributed by atoms with van der Waals surface area (Å²) in [5, 5.41) is 4.58. The van der Waals surface area contributed by atoms with Gasteiger partial charge in [-0.25, -0.2) is 14.8 Å². The topological polar surface area (TPSA) is 87.7 Å². The van der Waals surface area contributed by atoms with Gasteiger partial charge < -0.3 is 15.0 Å². The number of piperazine rings is 1. The first kappa shape index (κ1) is 21.2. The van der Waals surface area contributed by atoms with Gasteiger partial charge in [0.05, 0.1) is 19.3 Å². The first-order valence-electron chi connectivity index (χ1n) is 9.66. The van der Waals surface area contributed by atoms with E-state index in [-0.39, 0.29) is 18.4 Å². The molecule has 1 aliphatic rings. The largest absolute Gasteiger partial charge is 0.465 e. The number of aromatic nitrogens is 2. The normalized spacial score (nSPS) is 14.9. The predicted molar refractivity (Wildman–Crippen MR) is 114 cm³/mol. The molecule has 29 heavy (non-hydrogen) atoms. The number of anilines is 2. The Kier molecular flexibility index (Phi) is 6.81. The SMILES string of the molecule is COC(=O)c1sccc1NC(=O)CN1CCN(c2cc(C)nc(C(C)C)n2)CC1. The number of hydrogen-bond acceptors (Lipinski definition) is 8. The van der Waals surface area contributed by atoms with E-state index in [0.717, 1.165) is 43.5 Å². The lowest BCUT2D eigenvalue weighted by atomic mass is 10.2. The number of hydrogen-bond donors (Lipinski definition) is 1. The summed E-state index contributed by atoms with van der Waals surface area (Å²) in [6, 6.07) is 3.73. The van der Waals surface area contributed by atoms with E-state index in [1.807, 2.05) is 13.0 Å². The van der Waals surface area contributed by atoms with Crippen LogP contribution in [0, 0.1) is 6.92 Å². The van der Waals surface area contributed by atoms with Gasteiger partial charge in [0.1, 0.15) is 16.5 Å². The van der Waals surface area contributed by atoms with E-state index >= 15 is 0 Å². The van der Waals surface area contributed by atoms with Crippen LogP contribution in [0.4, 0.5) is 11.5 Å². The molecule has 1 N–H and O–H groups in total. The van der Waals surface area contributed by atoms with Crippen molar-refractivity contribution in [2.75, 3.05) is 50.1 Å². The number of thiophene rings is 1. The van der Waals surface area contributed by atoms with Crippen LogP contribution in [-0.4, -0.2) is 66.6 Å². The number of ether oxygens (including phenoxy) is 1. The van der Waals surface area contributed by atoms with Gasteiger partial charge in [-0.1, -0.05) is 13.8 Å². The zero-order chi connectivity index (χ0) is 21.0. The molecule has 156 valence electrons. The highest BCUT2D eigenvalue weighted by molar-refractivity contribution is 7.12. The van der Waals surface area contributed by atoms with E-state index in [1.165, 1.54) is 18.4 Å². The molecule has 0 radical (unpaired) electrons. The Hall–Kier alpha value is -2.52. The molecule has 2 aromatic rings. The summed E-state index contributed by atoms with van der Waals surface area (Å²) in [7, 11) is 1.33. The molecule has 1 amide bonds. The molecule has 9 heteroatoms. The third kappa shape index (κ3) is 5.30. The molecule has 3 rings (SSSR count). The Bertz CT molecular complexity index is 875. The van der Waals surface area contributed by atoms with Crippen LogP contribution >= 0.6 is 11.3 Å². The number of nitrogens with zero attached hydrogens (tertiary/aromatic N) is 4. The fourth-order valence-corrected chi connectivity index (χ4v) is 3.95. The molecule has 8 nitrogen and oxygen atoms in total. The number of methoxy groups -OCH3 is 1. The third-order valence-corrected chi connectivity index (χ3v) is 5.64. The van der Waals surface area contributed by atoms with Crippen LogP contribution in [0.1, 0.15) is 41.0 Å². The van der Waals surface area contributed by atoms with Gasteiger partial charge in [0, 0.05) is 43.9 Å². The Labute approximate surface area is 174 Å². The number of rotatable bonds is 6. The molecule has 0 aliphatic carbocycles. The second kappa shape index (κ2) is 9.32. The quantitative estimate of drug-likeness (QED) is 0.723. The number of carbonyl (C=O) groups excluding carboxylic acids is 2. The van der Waals surface area contributed by atoms with E-state index in [4.69, 9.17) is 9.72 Å². The van der Waals surface area contributed by atoms with Crippen molar-refractivity contribution in [3.8, 4) is 0 Å². The highest BCUT2D eigenvalue weighted by Gasteiger charge is 2.22. The molecule has 0 atom stereocenters. The minimum Gasteiger partial charge on any atom is -0.465 e. The van der Waals surface area contributed by atoms with Crippen LogP contribution in [0.3, 0.4) is 0 Å². The van der Waals surface area contributed by atoms with Gasteiger partial charge in [0.15, 0.2) is 0 Å². The molecule has 3 heterocycles. The molecule has 0 unspecified atom stereocenters. The zero-order valence-corrected chi connectivity index (χ0v) is 18.1. The van der Waals surface area contributed by atoms with Gasteiger partial charge in [-0.2, -0.15) is 0 Å². The molecule has 0 aromatic carbocycles. The fourth-order valence-electron chi connectivity index (χ4n) is 3.18. The van der Waals surface area contributed by atoms with E-state index < -0.39 is 5.97 Å². The molecule has 0 bridgehead atoms. The van der Waals surface area contributed by atoms with Gasteiger partial charge in [-0.15, -0.1) is 11.3 Å². The van der Waals surface area contributed by atoms with E-state index in [9.17, 15) is 9.59 Å². The second-order valence-corrected chi connectivity index (χ2v) is 8.26. The minimum atomic E-state index is -0.440. The lowest BCUT2D eigenvalue weighted by Crippen LogP contribution is -2.49. The van der Waals surface area contributed by atoms with Crippen molar-refractivity contribution in [1.29, 1.82) is 0 Å². The minimum absolute atomic E-state index is 0.137. The summed E-state index contributed by atoms with van der Waals surface area (Å²) in [6.45, 7) is 9.58. The third-order valence-electron chi connectivity index (χ3n) is 4.75. The molecule has 0 spiro atoms. The maximum atomic E-state index is 12.4. The Morgan fingerprint density at radius 1 is 1.24 bits per heavy atom. The first-order chi connectivity index (χ1) is 13.9. The average Bonchev–Trinajstić information content (AvgIpc) is 3.15. The summed E-state index contributed by atoms with van der Waals surface area (Å²) in [5.74, 6) is 1.52. The summed E-state index contributed by atoms with van der Waals surface area (Å²) in [5.41, 5.74) is 1.47. The van der Waals surface area contributed by atoms with Crippen LogP contribution < -0.4 is 10.2 Å².